The van der Waals surface area contributed by atoms with Crippen molar-refractivity contribution >= 4 is 5.97 Å². The van der Waals surface area contributed by atoms with E-state index in [9.17, 15) is 4.79 Å². The van der Waals surface area contributed by atoms with Gasteiger partial charge in [-0.25, -0.2) is 0 Å². The standard InChI is InChI=1S/C19H32O2/c1-3-4-5-6-7-8-9-10-11-12-13-14-15-16-17-18-19(20)21-2/h6-11H,3-5,12-18H2,1-2H3. The Hall–Kier alpha value is -1.31. The molecule has 0 bridgehead atoms. The molecule has 0 fully saturated rings. The Morgan fingerprint density at radius 1 is 0.810 bits per heavy atom. The predicted molar refractivity (Wildman–Crippen MR) is 91.3 cm³/mol. The average molecular weight is 292 g/mol. The normalized spacial score (nSPS) is 11.9. The second-order valence-electron chi connectivity index (χ2n) is 5.27. The Balaban J connectivity index is 3.30. The number of carbonyl (C=O) groups is 1. The van der Waals surface area contributed by atoms with Gasteiger partial charge in [0.1, 0.15) is 0 Å². The van der Waals surface area contributed by atoms with Crippen molar-refractivity contribution in [3.63, 3.8) is 0 Å². The van der Waals surface area contributed by atoms with Gasteiger partial charge in [-0.15, -0.1) is 0 Å². The maximum absolute atomic E-state index is 10.9. The molecule has 0 aliphatic rings. The van der Waals surface area contributed by atoms with Crippen LogP contribution in [0.4, 0.5) is 0 Å². The molecule has 0 N–H and O–H groups in total. The fourth-order valence-corrected chi connectivity index (χ4v) is 1.96. The van der Waals surface area contributed by atoms with Crippen molar-refractivity contribution in [3.05, 3.63) is 36.5 Å². The number of hydrogen-bond donors (Lipinski definition) is 0. The lowest BCUT2D eigenvalue weighted by atomic mass is 10.1. The van der Waals surface area contributed by atoms with Crippen LogP contribution < -0.4 is 0 Å². The molecule has 120 valence electrons. The van der Waals surface area contributed by atoms with Crippen LogP contribution >= 0.6 is 0 Å². The molecule has 0 rings (SSSR count). The first kappa shape index (κ1) is 19.7. The van der Waals surface area contributed by atoms with Crippen molar-refractivity contribution in [2.75, 3.05) is 7.11 Å². The maximum Gasteiger partial charge on any atom is 0.305 e. The summed E-state index contributed by atoms with van der Waals surface area (Å²) in [5, 5.41) is 0. The number of hydrogen-bond acceptors (Lipinski definition) is 2. The van der Waals surface area contributed by atoms with E-state index >= 15 is 0 Å². The number of rotatable bonds is 13. The van der Waals surface area contributed by atoms with Gasteiger partial charge in [-0.3, -0.25) is 4.79 Å². The molecule has 0 aromatic heterocycles. The van der Waals surface area contributed by atoms with Crippen molar-refractivity contribution in [3.8, 4) is 0 Å². The Kier molecular flexibility index (Phi) is 15.7. The zero-order valence-corrected chi connectivity index (χ0v) is 13.9. The molecular formula is C19H32O2. The minimum Gasteiger partial charge on any atom is -0.469 e. The van der Waals surface area contributed by atoms with E-state index in [2.05, 4.69) is 48.1 Å². The number of unbranched alkanes of at least 4 members (excludes halogenated alkanes) is 7. The number of allylic oxidation sites excluding steroid dienone is 6. The monoisotopic (exact) mass is 292 g/mol. The molecule has 0 atom stereocenters. The Bertz CT molecular complexity index is 314. The molecule has 2 nitrogen and oxygen atoms in total. The quantitative estimate of drug-likeness (QED) is 0.245. The first-order chi connectivity index (χ1) is 10.3. The highest BCUT2D eigenvalue weighted by atomic mass is 16.5. The summed E-state index contributed by atoms with van der Waals surface area (Å²) in [5.41, 5.74) is 0. The molecule has 0 unspecified atom stereocenters. The summed E-state index contributed by atoms with van der Waals surface area (Å²) in [5.74, 6) is -0.0894. The first-order valence-electron chi connectivity index (χ1n) is 8.36. The van der Waals surface area contributed by atoms with Crippen LogP contribution in [0.1, 0.15) is 71.1 Å². The van der Waals surface area contributed by atoms with Crippen molar-refractivity contribution in [1.29, 1.82) is 0 Å². The van der Waals surface area contributed by atoms with Gasteiger partial charge in [0.15, 0.2) is 0 Å². The fourth-order valence-electron chi connectivity index (χ4n) is 1.96. The summed E-state index contributed by atoms with van der Waals surface area (Å²) in [6, 6.07) is 0. The van der Waals surface area contributed by atoms with Crippen LogP contribution in [0.2, 0.25) is 0 Å². The van der Waals surface area contributed by atoms with E-state index in [1.807, 2.05) is 0 Å². The predicted octanol–water partition coefficient (Wildman–Crippen LogP) is 5.75. The van der Waals surface area contributed by atoms with Crippen LogP contribution in [0.5, 0.6) is 0 Å². The highest BCUT2D eigenvalue weighted by Gasteiger charge is 1.98. The lowest BCUT2D eigenvalue weighted by Gasteiger charge is -1.99. The van der Waals surface area contributed by atoms with Gasteiger partial charge in [0, 0.05) is 6.42 Å². The lowest BCUT2D eigenvalue weighted by molar-refractivity contribution is -0.140. The Morgan fingerprint density at radius 3 is 2.00 bits per heavy atom. The summed E-state index contributed by atoms with van der Waals surface area (Å²) >= 11 is 0. The zero-order valence-electron chi connectivity index (χ0n) is 13.9. The first-order valence-corrected chi connectivity index (χ1v) is 8.36. The van der Waals surface area contributed by atoms with E-state index < -0.39 is 0 Å². The summed E-state index contributed by atoms with van der Waals surface area (Å²) in [7, 11) is 1.45. The number of carbonyl (C=O) groups excluding carboxylic acids is 1. The van der Waals surface area contributed by atoms with E-state index in [1.54, 1.807) is 0 Å². The largest absolute Gasteiger partial charge is 0.469 e. The van der Waals surface area contributed by atoms with Crippen LogP contribution in [0.15, 0.2) is 36.5 Å². The van der Waals surface area contributed by atoms with E-state index in [4.69, 9.17) is 0 Å². The van der Waals surface area contributed by atoms with Crippen LogP contribution in [-0.2, 0) is 9.53 Å². The van der Waals surface area contributed by atoms with Gasteiger partial charge in [0.05, 0.1) is 7.11 Å². The second kappa shape index (κ2) is 16.7. The van der Waals surface area contributed by atoms with Gasteiger partial charge in [-0.2, -0.15) is 0 Å². The maximum atomic E-state index is 10.9. The Morgan fingerprint density at radius 2 is 1.38 bits per heavy atom. The smallest absolute Gasteiger partial charge is 0.305 e. The van der Waals surface area contributed by atoms with Crippen LogP contribution in [0.25, 0.3) is 0 Å². The van der Waals surface area contributed by atoms with Gasteiger partial charge in [-0.1, -0.05) is 75.5 Å². The van der Waals surface area contributed by atoms with E-state index in [0.29, 0.717) is 6.42 Å². The highest BCUT2D eigenvalue weighted by molar-refractivity contribution is 5.68. The van der Waals surface area contributed by atoms with Crippen molar-refractivity contribution < 1.29 is 9.53 Å². The molecule has 0 aliphatic heterocycles. The SMILES string of the molecule is CCCCC=CC=CC=CCCCCCCCC(=O)OC. The Labute approximate surface area is 131 Å². The molecule has 0 aromatic carbocycles. The van der Waals surface area contributed by atoms with Crippen LogP contribution in [0, 0.1) is 0 Å². The van der Waals surface area contributed by atoms with Crippen LogP contribution in [-0.4, -0.2) is 13.1 Å². The molecule has 0 spiro atoms. The molecule has 21 heavy (non-hydrogen) atoms. The third-order valence-electron chi connectivity index (χ3n) is 3.31. The average Bonchev–Trinajstić information content (AvgIpc) is 2.50. The van der Waals surface area contributed by atoms with Crippen molar-refractivity contribution in [1.82, 2.24) is 0 Å². The molecule has 0 radical (unpaired) electrons. The van der Waals surface area contributed by atoms with E-state index in [0.717, 1.165) is 19.3 Å². The van der Waals surface area contributed by atoms with Gasteiger partial charge in [0.25, 0.3) is 0 Å². The molecule has 0 saturated heterocycles. The number of esters is 1. The van der Waals surface area contributed by atoms with Gasteiger partial charge in [0.2, 0.25) is 0 Å². The molecule has 0 heterocycles. The lowest BCUT2D eigenvalue weighted by Crippen LogP contribution is -1.98. The topological polar surface area (TPSA) is 26.3 Å². The van der Waals surface area contributed by atoms with E-state index in [1.165, 1.54) is 45.6 Å². The molecule has 2 heteroatoms. The van der Waals surface area contributed by atoms with Crippen molar-refractivity contribution in [2.24, 2.45) is 0 Å². The highest BCUT2D eigenvalue weighted by Crippen LogP contribution is 2.08. The van der Waals surface area contributed by atoms with Crippen molar-refractivity contribution in [2.45, 2.75) is 71.1 Å². The zero-order chi connectivity index (χ0) is 15.6. The summed E-state index contributed by atoms with van der Waals surface area (Å²) in [4.78, 5) is 10.9. The third kappa shape index (κ3) is 16.6. The van der Waals surface area contributed by atoms with Crippen LogP contribution in [0.3, 0.4) is 0 Å². The fraction of sp³-hybridized carbons (Fsp3) is 0.632. The molecule has 0 aliphatic carbocycles. The number of ether oxygens (including phenoxy) is 1. The summed E-state index contributed by atoms with van der Waals surface area (Å²) in [6.45, 7) is 2.21. The van der Waals surface area contributed by atoms with E-state index in [-0.39, 0.29) is 5.97 Å². The van der Waals surface area contributed by atoms with Gasteiger partial charge < -0.3 is 4.74 Å². The summed E-state index contributed by atoms with van der Waals surface area (Å²) < 4.78 is 4.61. The molecule has 0 saturated carbocycles. The minimum atomic E-state index is -0.0894. The molecular weight excluding hydrogens is 260 g/mol. The number of methoxy groups -OCH3 is 1. The third-order valence-corrected chi connectivity index (χ3v) is 3.31. The molecule has 0 amide bonds. The second-order valence-corrected chi connectivity index (χ2v) is 5.27. The van der Waals surface area contributed by atoms with Gasteiger partial charge in [-0.05, 0) is 25.7 Å². The minimum absolute atomic E-state index is 0.0894. The summed E-state index contributed by atoms with van der Waals surface area (Å²) in [6.07, 6.45) is 24.1. The molecule has 0 aromatic rings. The van der Waals surface area contributed by atoms with Gasteiger partial charge >= 0.3 is 5.97 Å².